The van der Waals surface area contributed by atoms with E-state index in [2.05, 4.69) is 36.3 Å². The minimum absolute atomic E-state index is 0.0204. The van der Waals surface area contributed by atoms with Crippen LogP contribution >= 0.6 is 0 Å². The lowest BCUT2D eigenvalue weighted by Gasteiger charge is -2.24. The number of hydrogen-bond donors (Lipinski definition) is 1. The Balaban J connectivity index is 1.97. The van der Waals surface area contributed by atoms with Gasteiger partial charge in [-0.15, -0.1) is 0 Å². The van der Waals surface area contributed by atoms with E-state index in [9.17, 15) is 9.59 Å². The van der Waals surface area contributed by atoms with E-state index in [0.29, 0.717) is 5.95 Å². The predicted molar refractivity (Wildman–Crippen MR) is 120 cm³/mol. The lowest BCUT2D eigenvalue weighted by atomic mass is 10.1. The summed E-state index contributed by atoms with van der Waals surface area (Å²) in [6.07, 6.45) is 1.92. The van der Waals surface area contributed by atoms with E-state index in [1.54, 1.807) is 0 Å². The third-order valence-corrected chi connectivity index (χ3v) is 5.14. The summed E-state index contributed by atoms with van der Waals surface area (Å²) < 4.78 is 1.88. The van der Waals surface area contributed by atoms with Gasteiger partial charge < -0.3 is 4.90 Å². The van der Waals surface area contributed by atoms with Crippen molar-refractivity contribution in [3.63, 3.8) is 0 Å². The molecular formula is C24H28N4O2. The Bertz CT molecular complexity index is 1050. The molecule has 0 radical (unpaired) electrons. The normalized spacial score (nSPS) is 10.9. The van der Waals surface area contributed by atoms with Gasteiger partial charge in [0, 0.05) is 30.4 Å². The SMILES string of the molecule is CC(=O)N(CC(=O)Nc1nc(-c2ccccc2)cn1-c1ccc(C)c(C)c1)C(C)C. The molecule has 0 aliphatic carbocycles. The molecule has 1 aromatic heterocycles. The van der Waals surface area contributed by atoms with Crippen LogP contribution in [0.25, 0.3) is 16.9 Å². The maximum atomic E-state index is 12.7. The maximum Gasteiger partial charge on any atom is 0.246 e. The predicted octanol–water partition coefficient (Wildman–Crippen LogP) is 4.35. The van der Waals surface area contributed by atoms with Crippen LogP contribution in [0.1, 0.15) is 31.9 Å². The van der Waals surface area contributed by atoms with Crippen LogP contribution in [0.3, 0.4) is 0 Å². The molecule has 0 fully saturated rings. The highest BCUT2D eigenvalue weighted by atomic mass is 16.2. The van der Waals surface area contributed by atoms with Gasteiger partial charge in [0.25, 0.3) is 0 Å². The van der Waals surface area contributed by atoms with Crippen LogP contribution in [0.2, 0.25) is 0 Å². The lowest BCUT2D eigenvalue weighted by Crippen LogP contribution is -2.41. The summed E-state index contributed by atoms with van der Waals surface area (Å²) in [5.41, 5.74) is 4.99. The van der Waals surface area contributed by atoms with Crippen molar-refractivity contribution < 1.29 is 9.59 Å². The van der Waals surface area contributed by atoms with Gasteiger partial charge in [0.2, 0.25) is 17.8 Å². The summed E-state index contributed by atoms with van der Waals surface area (Å²) in [6, 6.07) is 15.9. The first-order valence-corrected chi connectivity index (χ1v) is 10.1. The molecule has 0 saturated carbocycles. The molecule has 2 aromatic carbocycles. The Kier molecular flexibility index (Phi) is 6.35. The molecule has 0 unspecified atom stereocenters. The van der Waals surface area contributed by atoms with Crippen LogP contribution in [-0.2, 0) is 9.59 Å². The summed E-state index contributed by atoms with van der Waals surface area (Å²) in [6.45, 7) is 9.34. The zero-order chi connectivity index (χ0) is 21.8. The van der Waals surface area contributed by atoms with Crippen molar-refractivity contribution in [3.05, 3.63) is 65.9 Å². The number of imidazole rings is 1. The Hall–Kier alpha value is -3.41. The van der Waals surface area contributed by atoms with Gasteiger partial charge in [-0.3, -0.25) is 19.5 Å². The molecule has 0 aliphatic heterocycles. The molecule has 0 saturated heterocycles. The van der Waals surface area contributed by atoms with Gasteiger partial charge in [-0.25, -0.2) is 4.98 Å². The van der Waals surface area contributed by atoms with E-state index in [-0.39, 0.29) is 24.4 Å². The molecule has 2 amide bonds. The first kappa shape index (κ1) is 21.3. The number of nitrogens with zero attached hydrogens (tertiary/aromatic N) is 3. The number of rotatable bonds is 6. The summed E-state index contributed by atoms with van der Waals surface area (Å²) >= 11 is 0. The average molecular weight is 405 g/mol. The standard InChI is InChI=1S/C24H28N4O2/c1-16(2)27(19(5)29)15-23(30)26-24-25-22(20-9-7-6-8-10-20)14-28(24)21-12-11-17(3)18(4)13-21/h6-14,16H,15H2,1-5H3,(H,25,26,30). The summed E-state index contributed by atoms with van der Waals surface area (Å²) in [5, 5.41) is 2.89. The largest absolute Gasteiger partial charge is 0.331 e. The molecule has 0 aliphatic rings. The highest BCUT2D eigenvalue weighted by Gasteiger charge is 2.19. The first-order chi connectivity index (χ1) is 14.3. The maximum absolute atomic E-state index is 12.7. The number of aromatic nitrogens is 2. The molecule has 1 N–H and O–H groups in total. The van der Waals surface area contributed by atoms with Gasteiger partial charge in [0.15, 0.2) is 0 Å². The molecule has 6 nitrogen and oxygen atoms in total. The zero-order valence-electron chi connectivity index (χ0n) is 18.1. The number of carbonyl (C=O) groups is 2. The third kappa shape index (κ3) is 4.76. The van der Waals surface area contributed by atoms with E-state index in [4.69, 9.17) is 0 Å². The number of carbonyl (C=O) groups excluding carboxylic acids is 2. The lowest BCUT2D eigenvalue weighted by molar-refractivity contribution is -0.134. The van der Waals surface area contributed by atoms with Crippen LogP contribution < -0.4 is 5.32 Å². The first-order valence-electron chi connectivity index (χ1n) is 10.1. The Morgan fingerprint density at radius 2 is 1.77 bits per heavy atom. The minimum Gasteiger partial charge on any atom is -0.331 e. The van der Waals surface area contributed by atoms with Crippen molar-refractivity contribution in [3.8, 4) is 16.9 Å². The number of benzene rings is 2. The number of nitrogens with one attached hydrogen (secondary N) is 1. The minimum atomic E-state index is -0.283. The van der Waals surface area contributed by atoms with Gasteiger partial charge >= 0.3 is 0 Å². The molecule has 0 atom stereocenters. The monoisotopic (exact) mass is 404 g/mol. The van der Waals surface area contributed by atoms with Crippen molar-refractivity contribution >= 4 is 17.8 Å². The molecule has 3 rings (SSSR count). The molecule has 6 heteroatoms. The molecule has 0 spiro atoms. The van der Waals surface area contributed by atoms with Crippen molar-refractivity contribution in [1.29, 1.82) is 0 Å². The molecular weight excluding hydrogens is 376 g/mol. The van der Waals surface area contributed by atoms with E-state index in [1.165, 1.54) is 17.4 Å². The summed E-state index contributed by atoms with van der Waals surface area (Å²) in [5.74, 6) is 0.00573. The smallest absolute Gasteiger partial charge is 0.246 e. The van der Waals surface area contributed by atoms with E-state index in [0.717, 1.165) is 22.5 Å². The van der Waals surface area contributed by atoms with E-state index >= 15 is 0 Å². The Labute approximate surface area is 177 Å². The zero-order valence-corrected chi connectivity index (χ0v) is 18.1. The van der Waals surface area contributed by atoms with Crippen LogP contribution in [0.4, 0.5) is 5.95 Å². The Morgan fingerprint density at radius 3 is 2.37 bits per heavy atom. The summed E-state index contributed by atoms with van der Waals surface area (Å²) in [7, 11) is 0. The second-order valence-electron chi connectivity index (χ2n) is 7.74. The molecule has 3 aromatic rings. The molecule has 0 bridgehead atoms. The number of aryl methyl sites for hydroxylation is 2. The van der Waals surface area contributed by atoms with Gasteiger partial charge in [-0.2, -0.15) is 0 Å². The highest BCUT2D eigenvalue weighted by molar-refractivity contribution is 5.93. The van der Waals surface area contributed by atoms with Crippen molar-refractivity contribution in [2.75, 3.05) is 11.9 Å². The van der Waals surface area contributed by atoms with Crippen LogP contribution in [0.5, 0.6) is 0 Å². The van der Waals surface area contributed by atoms with Gasteiger partial charge in [0.05, 0.1) is 5.69 Å². The van der Waals surface area contributed by atoms with Crippen molar-refractivity contribution in [1.82, 2.24) is 14.5 Å². The fraction of sp³-hybridized carbons (Fsp3) is 0.292. The second-order valence-corrected chi connectivity index (χ2v) is 7.74. The van der Waals surface area contributed by atoms with Crippen LogP contribution in [0.15, 0.2) is 54.7 Å². The highest BCUT2D eigenvalue weighted by Crippen LogP contribution is 2.25. The topological polar surface area (TPSA) is 67.2 Å². The van der Waals surface area contributed by atoms with Crippen LogP contribution in [0, 0.1) is 13.8 Å². The van der Waals surface area contributed by atoms with Gasteiger partial charge in [-0.05, 0) is 51.0 Å². The second kappa shape index (κ2) is 8.95. The van der Waals surface area contributed by atoms with Crippen molar-refractivity contribution in [2.45, 2.75) is 40.7 Å². The van der Waals surface area contributed by atoms with E-state index < -0.39 is 0 Å². The number of anilines is 1. The van der Waals surface area contributed by atoms with Crippen LogP contribution in [-0.4, -0.2) is 38.9 Å². The fourth-order valence-electron chi connectivity index (χ4n) is 3.27. The van der Waals surface area contributed by atoms with Gasteiger partial charge in [0.1, 0.15) is 6.54 Å². The molecule has 156 valence electrons. The fourth-order valence-corrected chi connectivity index (χ4v) is 3.27. The quantitative estimate of drug-likeness (QED) is 0.664. The number of hydrogen-bond acceptors (Lipinski definition) is 3. The Morgan fingerprint density at radius 1 is 1.07 bits per heavy atom. The van der Waals surface area contributed by atoms with E-state index in [1.807, 2.05) is 61.0 Å². The molecule has 30 heavy (non-hydrogen) atoms. The molecule has 1 heterocycles. The number of amides is 2. The van der Waals surface area contributed by atoms with Crippen molar-refractivity contribution in [2.24, 2.45) is 0 Å². The summed E-state index contributed by atoms with van der Waals surface area (Å²) in [4.78, 5) is 30.8. The average Bonchev–Trinajstić information content (AvgIpc) is 3.12. The third-order valence-electron chi connectivity index (χ3n) is 5.14. The van der Waals surface area contributed by atoms with Gasteiger partial charge in [-0.1, -0.05) is 36.4 Å².